The third kappa shape index (κ3) is 1.95. The first-order chi connectivity index (χ1) is 6.07. The van der Waals surface area contributed by atoms with Crippen molar-refractivity contribution in [1.29, 1.82) is 0 Å². The first kappa shape index (κ1) is 11.2. The van der Waals surface area contributed by atoms with Crippen LogP contribution in [0.25, 0.3) is 0 Å². The Morgan fingerprint density at radius 2 is 1.93 bits per heavy atom. The molecule has 78 valence electrons. The molecule has 0 radical (unpaired) electrons. The van der Waals surface area contributed by atoms with Crippen molar-refractivity contribution in [3.05, 3.63) is 29.3 Å². The molecule has 14 heavy (non-hydrogen) atoms. The Balaban J connectivity index is 0.000000980. The lowest BCUT2D eigenvalue weighted by molar-refractivity contribution is -0.137. The second-order valence-corrected chi connectivity index (χ2v) is 3.05. The van der Waals surface area contributed by atoms with Gasteiger partial charge in [0, 0.05) is 12.2 Å². The van der Waals surface area contributed by atoms with Crippen molar-refractivity contribution < 1.29 is 13.2 Å². The topological polar surface area (TPSA) is 12.0 Å². The molecule has 1 aromatic rings. The van der Waals surface area contributed by atoms with E-state index in [0.717, 1.165) is 23.9 Å². The molecule has 1 aliphatic heterocycles. The summed E-state index contributed by atoms with van der Waals surface area (Å²) in [6, 6.07) is 3.82. The van der Waals surface area contributed by atoms with Crippen molar-refractivity contribution in [3.63, 3.8) is 0 Å². The third-order valence-corrected chi connectivity index (χ3v) is 2.14. The van der Waals surface area contributed by atoms with Gasteiger partial charge in [-0.2, -0.15) is 13.2 Å². The summed E-state index contributed by atoms with van der Waals surface area (Å²) < 4.78 is 36.7. The van der Waals surface area contributed by atoms with Crippen molar-refractivity contribution >= 4 is 18.1 Å². The molecule has 0 fully saturated rings. The van der Waals surface area contributed by atoms with Crippen LogP contribution in [0.15, 0.2) is 18.2 Å². The van der Waals surface area contributed by atoms with Gasteiger partial charge in [-0.1, -0.05) is 0 Å². The third-order valence-electron chi connectivity index (χ3n) is 2.14. The molecule has 1 nitrogen and oxygen atoms in total. The molecule has 0 saturated heterocycles. The van der Waals surface area contributed by atoms with Crippen LogP contribution in [-0.2, 0) is 12.6 Å². The number of hydrogen-bond acceptors (Lipinski definition) is 1. The Morgan fingerprint density at radius 1 is 1.21 bits per heavy atom. The molecule has 1 N–H and O–H groups in total. The van der Waals surface area contributed by atoms with Gasteiger partial charge in [-0.05, 0) is 30.2 Å². The van der Waals surface area contributed by atoms with Gasteiger partial charge in [-0.15, -0.1) is 12.4 Å². The summed E-state index contributed by atoms with van der Waals surface area (Å²) in [5.74, 6) is 0. The molecule has 1 aromatic carbocycles. The number of alkyl halides is 3. The highest BCUT2D eigenvalue weighted by Gasteiger charge is 2.31. The van der Waals surface area contributed by atoms with Crippen molar-refractivity contribution in [2.75, 3.05) is 11.9 Å². The Hall–Kier alpha value is -0.900. The second-order valence-electron chi connectivity index (χ2n) is 3.05. The highest BCUT2D eigenvalue weighted by Crippen LogP contribution is 2.33. The molecule has 0 bridgehead atoms. The lowest BCUT2D eigenvalue weighted by Gasteiger charge is -2.07. The average molecular weight is 224 g/mol. The van der Waals surface area contributed by atoms with E-state index >= 15 is 0 Å². The number of halogens is 4. The van der Waals surface area contributed by atoms with Crippen LogP contribution in [0.1, 0.15) is 11.1 Å². The van der Waals surface area contributed by atoms with Crippen LogP contribution < -0.4 is 5.32 Å². The number of fused-ring (bicyclic) bond motifs is 1. The standard InChI is InChI=1S/C9H8F3N.ClH/c10-9(11,12)7-1-2-8-6(5-7)3-4-13-8;/h1-2,5,13H,3-4H2;1H. The molecule has 0 atom stereocenters. The summed E-state index contributed by atoms with van der Waals surface area (Å²) in [6.45, 7) is 0.733. The maximum Gasteiger partial charge on any atom is 0.416 e. The molecular weight excluding hydrogens is 215 g/mol. The highest BCUT2D eigenvalue weighted by molar-refractivity contribution is 5.85. The van der Waals surface area contributed by atoms with E-state index in [4.69, 9.17) is 0 Å². The van der Waals surface area contributed by atoms with Crippen LogP contribution in [-0.4, -0.2) is 6.54 Å². The van der Waals surface area contributed by atoms with Gasteiger partial charge < -0.3 is 5.32 Å². The van der Waals surface area contributed by atoms with Gasteiger partial charge in [-0.3, -0.25) is 0 Å². The minimum Gasteiger partial charge on any atom is -0.384 e. The molecular formula is C9H9ClF3N. The second kappa shape index (κ2) is 3.69. The molecule has 0 aliphatic carbocycles. The minimum atomic E-state index is -4.22. The van der Waals surface area contributed by atoms with Crippen molar-refractivity contribution in [3.8, 4) is 0 Å². The summed E-state index contributed by atoms with van der Waals surface area (Å²) in [4.78, 5) is 0. The molecule has 1 heterocycles. The predicted molar refractivity (Wildman–Crippen MR) is 50.9 cm³/mol. The lowest BCUT2D eigenvalue weighted by atomic mass is 10.1. The zero-order valence-electron chi connectivity index (χ0n) is 7.19. The Morgan fingerprint density at radius 3 is 2.57 bits per heavy atom. The smallest absolute Gasteiger partial charge is 0.384 e. The van der Waals surface area contributed by atoms with Crippen LogP contribution >= 0.6 is 12.4 Å². The van der Waals surface area contributed by atoms with Gasteiger partial charge in [0.05, 0.1) is 5.56 Å². The fourth-order valence-electron chi connectivity index (χ4n) is 1.48. The maximum atomic E-state index is 12.2. The minimum absolute atomic E-state index is 0. The van der Waals surface area contributed by atoms with E-state index in [1.54, 1.807) is 0 Å². The molecule has 0 saturated carbocycles. The van der Waals surface area contributed by atoms with E-state index in [1.165, 1.54) is 12.1 Å². The summed E-state index contributed by atoms with van der Waals surface area (Å²) in [5, 5.41) is 3.01. The Bertz CT molecular complexity index is 335. The van der Waals surface area contributed by atoms with Gasteiger partial charge in [-0.25, -0.2) is 0 Å². The monoisotopic (exact) mass is 223 g/mol. The van der Waals surface area contributed by atoms with Gasteiger partial charge in [0.1, 0.15) is 0 Å². The van der Waals surface area contributed by atoms with Crippen molar-refractivity contribution in [2.24, 2.45) is 0 Å². The fraction of sp³-hybridized carbons (Fsp3) is 0.333. The number of benzene rings is 1. The normalized spacial score (nSPS) is 14.2. The highest BCUT2D eigenvalue weighted by atomic mass is 35.5. The molecule has 0 amide bonds. The van der Waals surface area contributed by atoms with E-state index in [1.807, 2.05) is 0 Å². The van der Waals surface area contributed by atoms with Crippen LogP contribution in [0.2, 0.25) is 0 Å². The van der Waals surface area contributed by atoms with Crippen LogP contribution in [0, 0.1) is 0 Å². The average Bonchev–Trinajstić information content (AvgIpc) is 2.47. The molecule has 2 rings (SSSR count). The molecule has 0 aromatic heterocycles. The summed E-state index contributed by atoms with van der Waals surface area (Å²) >= 11 is 0. The molecule has 0 unspecified atom stereocenters. The fourth-order valence-corrected chi connectivity index (χ4v) is 1.48. The summed E-state index contributed by atoms with van der Waals surface area (Å²) in [6.07, 6.45) is -3.54. The van der Waals surface area contributed by atoms with E-state index in [2.05, 4.69) is 5.32 Å². The zero-order chi connectivity index (χ0) is 9.47. The van der Waals surface area contributed by atoms with Gasteiger partial charge in [0.2, 0.25) is 0 Å². The van der Waals surface area contributed by atoms with E-state index in [9.17, 15) is 13.2 Å². The van der Waals surface area contributed by atoms with Crippen molar-refractivity contribution in [2.45, 2.75) is 12.6 Å². The largest absolute Gasteiger partial charge is 0.416 e. The van der Waals surface area contributed by atoms with Crippen LogP contribution in [0.4, 0.5) is 18.9 Å². The van der Waals surface area contributed by atoms with Crippen LogP contribution in [0.3, 0.4) is 0 Å². The molecule has 0 spiro atoms. The van der Waals surface area contributed by atoms with E-state index in [0.29, 0.717) is 6.42 Å². The Labute approximate surface area is 85.7 Å². The maximum absolute atomic E-state index is 12.2. The quantitative estimate of drug-likeness (QED) is 0.713. The zero-order valence-corrected chi connectivity index (χ0v) is 8.00. The lowest BCUT2D eigenvalue weighted by Crippen LogP contribution is -2.04. The van der Waals surface area contributed by atoms with E-state index in [-0.39, 0.29) is 12.4 Å². The number of rotatable bonds is 0. The number of hydrogen-bond donors (Lipinski definition) is 1. The number of nitrogens with one attached hydrogen (secondary N) is 1. The SMILES string of the molecule is Cl.FC(F)(F)c1ccc2c(c1)CCN2. The van der Waals surface area contributed by atoms with Gasteiger partial charge in [0.25, 0.3) is 0 Å². The first-order valence-electron chi connectivity index (χ1n) is 4.01. The van der Waals surface area contributed by atoms with Gasteiger partial charge in [0.15, 0.2) is 0 Å². The van der Waals surface area contributed by atoms with Gasteiger partial charge >= 0.3 is 6.18 Å². The van der Waals surface area contributed by atoms with Crippen LogP contribution in [0.5, 0.6) is 0 Å². The van der Waals surface area contributed by atoms with E-state index < -0.39 is 11.7 Å². The predicted octanol–water partition coefficient (Wildman–Crippen LogP) is 3.10. The summed E-state index contributed by atoms with van der Waals surface area (Å²) in [5.41, 5.74) is 1.03. The Kier molecular flexibility index (Phi) is 2.95. The molecule has 5 heteroatoms. The molecule has 1 aliphatic rings. The summed E-state index contributed by atoms with van der Waals surface area (Å²) in [7, 11) is 0. The first-order valence-corrected chi connectivity index (χ1v) is 4.01. The number of anilines is 1. The van der Waals surface area contributed by atoms with Crippen molar-refractivity contribution in [1.82, 2.24) is 0 Å².